The molecule has 0 aromatic heterocycles. The smallest absolute Gasteiger partial charge is 0.0416 e. The molecule has 0 saturated carbocycles. The maximum absolute atomic E-state index is 3.46. The van der Waals surface area contributed by atoms with E-state index in [1.165, 1.54) is 44.3 Å². The number of fused-ring (bicyclic) bond motifs is 1. The van der Waals surface area contributed by atoms with Gasteiger partial charge in [0, 0.05) is 51.5 Å². The molecule has 0 radical (unpaired) electrons. The minimum atomic E-state index is 1.11. The highest BCUT2D eigenvalue weighted by molar-refractivity contribution is 5.58. The van der Waals surface area contributed by atoms with Crippen LogP contribution in [0.4, 0.5) is 5.69 Å². The van der Waals surface area contributed by atoms with Gasteiger partial charge in [-0.15, -0.1) is 0 Å². The minimum Gasteiger partial charge on any atom is -0.369 e. The Labute approximate surface area is 140 Å². The second kappa shape index (κ2) is 7.06. The third kappa shape index (κ3) is 3.46. The van der Waals surface area contributed by atoms with E-state index in [0.717, 1.165) is 39.3 Å². The monoisotopic (exact) mass is 311 g/mol. The van der Waals surface area contributed by atoms with Gasteiger partial charge in [0.2, 0.25) is 0 Å². The van der Waals surface area contributed by atoms with E-state index in [9.17, 15) is 0 Å². The Morgan fingerprint density at radius 1 is 1.04 bits per heavy atom. The summed E-state index contributed by atoms with van der Waals surface area (Å²) in [5.74, 6) is 0. The van der Waals surface area contributed by atoms with Crippen molar-refractivity contribution in [3.8, 4) is 0 Å². The lowest BCUT2D eigenvalue weighted by atomic mass is 9.97. The fourth-order valence-corrected chi connectivity index (χ4v) is 4.27. The number of anilines is 1. The van der Waals surface area contributed by atoms with Crippen LogP contribution in [0.3, 0.4) is 0 Å². The van der Waals surface area contributed by atoms with Crippen molar-refractivity contribution in [3.05, 3.63) is 41.0 Å². The van der Waals surface area contributed by atoms with Gasteiger partial charge < -0.3 is 10.2 Å². The summed E-state index contributed by atoms with van der Waals surface area (Å²) in [5.41, 5.74) is 6.34. The minimum absolute atomic E-state index is 1.11. The van der Waals surface area contributed by atoms with Crippen molar-refractivity contribution in [1.82, 2.24) is 10.2 Å². The first-order valence-corrected chi connectivity index (χ1v) is 9.37. The molecule has 2 heterocycles. The van der Waals surface area contributed by atoms with Gasteiger partial charge in [0.25, 0.3) is 0 Å². The van der Waals surface area contributed by atoms with Gasteiger partial charge in [0.1, 0.15) is 0 Å². The van der Waals surface area contributed by atoms with E-state index in [0.29, 0.717) is 0 Å². The van der Waals surface area contributed by atoms with E-state index in [1.807, 2.05) is 0 Å². The highest BCUT2D eigenvalue weighted by Gasteiger charge is 2.24. The lowest BCUT2D eigenvalue weighted by molar-refractivity contribution is 0.286. The number of nitrogens with zero attached hydrogens (tertiary/aromatic N) is 2. The molecule has 0 bridgehead atoms. The summed E-state index contributed by atoms with van der Waals surface area (Å²) >= 11 is 0. The zero-order chi connectivity index (χ0) is 15.5. The van der Waals surface area contributed by atoms with E-state index in [-0.39, 0.29) is 0 Å². The molecule has 0 unspecified atom stereocenters. The Morgan fingerprint density at radius 2 is 1.96 bits per heavy atom. The van der Waals surface area contributed by atoms with Crippen molar-refractivity contribution in [2.24, 2.45) is 0 Å². The summed E-state index contributed by atoms with van der Waals surface area (Å²) in [5, 5.41) is 3.46. The third-order valence-electron chi connectivity index (χ3n) is 5.62. The van der Waals surface area contributed by atoms with Gasteiger partial charge in [-0.05, 0) is 49.3 Å². The van der Waals surface area contributed by atoms with E-state index in [4.69, 9.17) is 0 Å². The van der Waals surface area contributed by atoms with E-state index < -0.39 is 0 Å². The van der Waals surface area contributed by atoms with Gasteiger partial charge in [0.15, 0.2) is 0 Å². The largest absolute Gasteiger partial charge is 0.369 e. The van der Waals surface area contributed by atoms with Gasteiger partial charge in [-0.3, -0.25) is 4.90 Å². The third-order valence-corrected chi connectivity index (χ3v) is 5.62. The summed E-state index contributed by atoms with van der Waals surface area (Å²) in [6, 6.07) is 6.92. The van der Waals surface area contributed by atoms with Crippen molar-refractivity contribution in [2.45, 2.75) is 45.2 Å². The van der Waals surface area contributed by atoms with Crippen LogP contribution in [0.15, 0.2) is 29.8 Å². The summed E-state index contributed by atoms with van der Waals surface area (Å²) in [4.78, 5) is 5.22. The van der Waals surface area contributed by atoms with Gasteiger partial charge in [0.05, 0.1) is 0 Å². The Balaban J connectivity index is 1.41. The Kier molecular flexibility index (Phi) is 4.67. The first kappa shape index (κ1) is 15.2. The zero-order valence-corrected chi connectivity index (χ0v) is 14.2. The van der Waals surface area contributed by atoms with Crippen molar-refractivity contribution < 1.29 is 0 Å². The number of hydrogen-bond donors (Lipinski definition) is 1. The van der Waals surface area contributed by atoms with Crippen molar-refractivity contribution in [2.75, 3.05) is 37.6 Å². The molecule has 1 aromatic carbocycles. The first-order valence-electron chi connectivity index (χ1n) is 9.37. The van der Waals surface area contributed by atoms with E-state index in [1.54, 1.807) is 16.7 Å². The maximum atomic E-state index is 3.46. The average Bonchev–Trinajstić information content (AvgIpc) is 3.04. The van der Waals surface area contributed by atoms with Crippen molar-refractivity contribution in [3.63, 3.8) is 0 Å². The lowest BCUT2D eigenvalue weighted by Crippen LogP contribution is -2.43. The van der Waals surface area contributed by atoms with Gasteiger partial charge in [-0.2, -0.15) is 0 Å². The van der Waals surface area contributed by atoms with E-state index >= 15 is 0 Å². The molecule has 1 saturated heterocycles. The Bertz CT molecular complexity index is 572. The number of nitrogens with one attached hydrogen (secondary N) is 1. The second-order valence-corrected chi connectivity index (χ2v) is 7.22. The molecule has 0 amide bonds. The molecule has 1 aliphatic carbocycles. The van der Waals surface area contributed by atoms with Crippen LogP contribution >= 0.6 is 0 Å². The standard InChI is InChI=1S/C20H29N3/c1-2-5-17(6-3-1)9-12-22-15-18-7-4-8-20(19(18)16-22)23-13-10-21-11-14-23/h4-5,7-8,21H,1-3,6,9-16H2. The first-order chi connectivity index (χ1) is 11.4. The number of hydrogen-bond acceptors (Lipinski definition) is 3. The second-order valence-electron chi connectivity index (χ2n) is 7.22. The molecule has 0 spiro atoms. The quantitative estimate of drug-likeness (QED) is 0.861. The van der Waals surface area contributed by atoms with Crippen LogP contribution in [0, 0.1) is 0 Å². The van der Waals surface area contributed by atoms with Gasteiger partial charge in [-0.25, -0.2) is 0 Å². The molecule has 2 aliphatic heterocycles. The van der Waals surface area contributed by atoms with Crippen LogP contribution in [-0.2, 0) is 13.1 Å². The van der Waals surface area contributed by atoms with Crippen LogP contribution in [0.1, 0.15) is 43.2 Å². The van der Waals surface area contributed by atoms with Crippen LogP contribution in [0.25, 0.3) is 0 Å². The molecule has 3 heteroatoms. The molecule has 1 fully saturated rings. The molecule has 0 atom stereocenters. The van der Waals surface area contributed by atoms with Crippen LogP contribution in [0.5, 0.6) is 0 Å². The highest BCUT2D eigenvalue weighted by atomic mass is 15.2. The summed E-state index contributed by atoms with van der Waals surface area (Å²) in [6.07, 6.45) is 9.22. The fourth-order valence-electron chi connectivity index (χ4n) is 4.27. The van der Waals surface area contributed by atoms with Crippen molar-refractivity contribution >= 4 is 5.69 Å². The number of benzene rings is 1. The Hall–Kier alpha value is -1.32. The Morgan fingerprint density at radius 3 is 2.78 bits per heavy atom. The van der Waals surface area contributed by atoms with Crippen molar-refractivity contribution in [1.29, 1.82) is 0 Å². The molecule has 1 aromatic rings. The topological polar surface area (TPSA) is 18.5 Å². The predicted molar refractivity (Wildman–Crippen MR) is 96.8 cm³/mol. The van der Waals surface area contributed by atoms with Gasteiger partial charge >= 0.3 is 0 Å². The predicted octanol–water partition coefficient (Wildman–Crippen LogP) is 3.30. The number of rotatable bonds is 4. The van der Waals surface area contributed by atoms with Gasteiger partial charge in [-0.1, -0.05) is 23.8 Å². The number of piperazine rings is 1. The molecule has 3 nitrogen and oxygen atoms in total. The normalized spacial score (nSPS) is 22.1. The summed E-state index contributed by atoms with van der Waals surface area (Å²) in [6.45, 7) is 8.02. The molecule has 23 heavy (non-hydrogen) atoms. The summed E-state index contributed by atoms with van der Waals surface area (Å²) < 4.78 is 0. The molecular weight excluding hydrogens is 282 g/mol. The van der Waals surface area contributed by atoms with E-state index in [2.05, 4.69) is 39.4 Å². The highest BCUT2D eigenvalue weighted by Crippen LogP contribution is 2.32. The lowest BCUT2D eigenvalue weighted by Gasteiger charge is -2.31. The zero-order valence-electron chi connectivity index (χ0n) is 14.2. The van der Waals surface area contributed by atoms with Crippen LogP contribution in [0.2, 0.25) is 0 Å². The number of allylic oxidation sites excluding steroid dienone is 1. The fraction of sp³-hybridized carbons (Fsp3) is 0.600. The molecule has 4 rings (SSSR count). The molecular formula is C20H29N3. The molecule has 3 aliphatic rings. The van der Waals surface area contributed by atoms with Crippen LogP contribution in [-0.4, -0.2) is 37.6 Å². The summed E-state index contributed by atoms with van der Waals surface area (Å²) in [7, 11) is 0. The maximum Gasteiger partial charge on any atom is 0.0416 e. The van der Waals surface area contributed by atoms with Crippen LogP contribution < -0.4 is 10.2 Å². The average molecular weight is 311 g/mol. The molecule has 124 valence electrons. The molecule has 1 N–H and O–H groups in total. The SMILES string of the molecule is C1=C(CCN2Cc3cccc(N4CCNCC4)c3C2)CCCC1.